The van der Waals surface area contributed by atoms with Crippen molar-refractivity contribution in [3.63, 3.8) is 0 Å². The zero-order chi connectivity index (χ0) is 18.5. The van der Waals surface area contributed by atoms with Crippen molar-refractivity contribution in [1.82, 2.24) is 4.98 Å². The highest BCUT2D eigenvalue weighted by molar-refractivity contribution is 5.85. The molecule has 1 N–H and O–H groups in total. The molecule has 0 aliphatic rings. The van der Waals surface area contributed by atoms with Crippen molar-refractivity contribution < 1.29 is 0 Å². The molecular weight excluding hydrogens is 294 g/mol. The van der Waals surface area contributed by atoms with Gasteiger partial charge in [-0.15, -0.1) is 6.58 Å². The maximum absolute atomic E-state index is 12.2. The molecule has 0 aliphatic carbocycles. The van der Waals surface area contributed by atoms with E-state index in [1.54, 1.807) is 0 Å². The number of pyridine rings is 1. The normalized spacial score (nSPS) is 11.2. The van der Waals surface area contributed by atoms with Gasteiger partial charge in [0.2, 0.25) is 0 Å². The Bertz CT molecular complexity index is 695. The van der Waals surface area contributed by atoms with Gasteiger partial charge < -0.3 is 4.98 Å². The molecule has 0 radical (unpaired) electrons. The molecule has 0 amide bonds. The first-order valence-electron chi connectivity index (χ1n) is 9.06. The molecule has 2 aromatic rings. The molecule has 2 nitrogen and oxygen atoms in total. The summed E-state index contributed by atoms with van der Waals surface area (Å²) in [6.45, 7) is 15.9. The summed E-state index contributed by atoms with van der Waals surface area (Å²) in [6.07, 6.45) is 7.86. The van der Waals surface area contributed by atoms with E-state index in [0.717, 1.165) is 29.3 Å². The minimum absolute atomic E-state index is 0.00527. The number of aromatic amines is 1. The standard InChI is InChI=1S/C18H21NO.2C2H6/c1-4-6-10-15-14-11-7-8-12-16(14)18(20)19-17(15)13(3)9-5-2;2*1-2/h4-5,7-9,11-13H,1,6,10H2,2-3H3,(H,19,20);2*1-2H3/b9-5-;;. The van der Waals surface area contributed by atoms with Gasteiger partial charge in [0.05, 0.1) is 0 Å². The zero-order valence-corrected chi connectivity index (χ0v) is 16.1. The Kier molecular flexibility index (Phi) is 11.3. The van der Waals surface area contributed by atoms with Crippen LogP contribution < -0.4 is 5.56 Å². The Morgan fingerprint density at radius 1 is 1.12 bits per heavy atom. The van der Waals surface area contributed by atoms with Gasteiger partial charge in [0.15, 0.2) is 0 Å². The Hall–Kier alpha value is -2.09. The number of aromatic nitrogens is 1. The van der Waals surface area contributed by atoms with Gasteiger partial charge in [-0.2, -0.15) is 0 Å². The number of rotatable bonds is 5. The van der Waals surface area contributed by atoms with Crippen LogP contribution in [0.3, 0.4) is 0 Å². The number of hydrogen-bond donors (Lipinski definition) is 1. The van der Waals surface area contributed by atoms with Gasteiger partial charge in [-0.3, -0.25) is 4.79 Å². The average molecular weight is 328 g/mol. The van der Waals surface area contributed by atoms with E-state index in [9.17, 15) is 4.79 Å². The number of aryl methyl sites for hydroxylation is 1. The Balaban J connectivity index is 0.00000123. The lowest BCUT2D eigenvalue weighted by molar-refractivity contribution is 0.854. The number of allylic oxidation sites excluding steroid dienone is 3. The summed E-state index contributed by atoms with van der Waals surface area (Å²) in [4.78, 5) is 15.3. The quantitative estimate of drug-likeness (QED) is 0.635. The van der Waals surface area contributed by atoms with Gasteiger partial charge in [0.1, 0.15) is 0 Å². The second-order valence-corrected chi connectivity index (χ2v) is 5.03. The number of benzene rings is 1. The highest BCUT2D eigenvalue weighted by Crippen LogP contribution is 2.25. The molecular formula is C22H33NO. The third kappa shape index (κ3) is 5.52. The summed E-state index contributed by atoms with van der Waals surface area (Å²) in [7, 11) is 0. The fourth-order valence-electron chi connectivity index (χ4n) is 2.64. The van der Waals surface area contributed by atoms with Crippen molar-refractivity contribution >= 4 is 10.8 Å². The predicted molar refractivity (Wildman–Crippen MR) is 109 cm³/mol. The summed E-state index contributed by atoms with van der Waals surface area (Å²) in [5.74, 6) is 0.206. The van der Waals surface area contributed by atoms with E-state index in [1.807, 2.05) is 71.0 Å². The fraction of sp³-hybridized carbons (Fsp3) is 0.409. The van der Waals surface area contributed by atoms with Crippen LogP contribution in [0.1, 0.15) is 65.1 Å². The van der Waals surface area contributed by atoms with Crippen molar-refractivity contribution in [2.75, 3.05) is 0 Å². The Morgan fingerprint density at radius 3 is 2.25 bits per heavy atom. The van der Waals surface area contributed by atoms with E-state index in [-0.39, 0.29) is 11.5 Å². The topological polar surface area (TPSA) is 32.9 Å². The third-order valence-corrected chi connectivity index (χ3v) is 3.61. The number of fused-ring (bicyclic) bond motifs is 1. The Morgan fingerprint density at radius 2 is 1.71 bits per heavy atom. The number of nitrogens with one attached hydrogen (secondary N) is 1. The van der Waals surface area contributed by atoms with Gasteiger partial charge >= 0.3 is 0 Å². The molecule has 1 heterocycles. The maximum Gasteiger partial charge on any atom is 0.256 e. The second-order valence-electron chi connectivity index (χ2n) is 5.03. The molecule has 1 aromatic carbocycles. The first-order valence-corrected chi connectivity index (χ1v) is 9.06. The summed E-state index contributed by atoms with van der Waals surface area (Å²) in [5.41, 5.74) is 2.24. The lowest BCUT2D eigenvalue weighted by Gasteiger charge is -2.15. The largest absolute Gasteiger partial charge is 0.325 e. The van der Waals surface area contributed by atoms with Crippen LogP contribution in [0, 0.1) is 0 Å². The lowest BCUT2D eigenvalue weighted by Crippen LogP contribution is -2.14. The number of hydrogen-bond acceptors (Lipinski definition) is 1. The summed E-state index contributed by atoms with van der Waals surface area (Å²) in [5, 5.41) is 1.83. The molecule has 132 valence electrons. The molecule has 0 fully saturated rings. The molecule has 0 bridgehead atoms. The van der Waals surface area contributed by atoms with Crippen molar-refractivity contribution in [2.24, 2.45) is 0 Å². The van der Waals surface area contributed by atoms with Crippen molar-refractivity contribution in [1.29, 1.82) is 0 Å². The minimum Gasteiger partial charge on any atom is -0.325 e. The summed E-state index contributed by atoms with van der Waals surface area (Å²) >= 11 is 0. The highest BCUT2D eigenvalue weighted by atomic mass is 16.1. The van der Waals surface area contributed by atoms with Crippen LogP contribution in [0.25, 0.3) is 10.8 Å². The van der Waals surface area contributed by atoms with E-state index in [0.29, 0.717) is 0 Å². The van der Waals surface area contributed by atoms with Crippen LogP contribution in [-0.4, -0.2) is 4.98 Å². The van der Waals surface area contributed by atoms with Crippen LogP contribution in [0.2, 0.25) is 0 Å². The fourth-order valence-corrected chi connectivity index (χ4v) is 2.64. The van der Waals surface area contributed by atoms with Gasteiger partial charge in [0, 0.05) is 17.0 Å². The molecule has 0 saturated carbocycles. The van der Waals surface area contributed by atoms with Gasteiger partial charge in [0.25, 0.3) is 5.56 Å². The molecule has 2 heteroatoms. The van der Waals surface area contributed by atoms with Crippen molar-refractivity contribution in [3.8, 4) is 0 Å². The first-order chi connectivity index (χ1) is 11.7. The second kappa shape index (κ2) is 12.3. The number of H-pyrrole nitrogens is 1. The molecule has 2 rings (SSSR count). The molecule has 1 aromatic heterocycles. The predicted octanol–water partition coefficient (Wildman–Crippen LogP) is 6.38. The van der Waals surface area contributed by atoms with Crippen molar-refractivity contribution in [2.45, 2.75) is 60.3 Å². The average Bonchev–Trinajstić information content (AvgIpc) is 2.64. The van der Waals surface area contributed by atoms with Crippen LogP contribution in [-0.2, 0) is 6.42 Å². The van der Waals surface area contributed by atoms with Crippen molar-refractivity contribution in [3.05, 3.63) is 70.7 Å². The molecule has 0 aliphatic heterocycles. The van der Waals surface area contributed by atoms with E-state index in [4.69, 9.17) is 0 Å². The summed E-state index contributed by atoms with van der Waals surface area (Å²) < 4.78 is 0. The van der Waals surface area contributed by atoms with E-state index in [1.165, 1.54) is 5.56 Å². The molecule has 1 atom stereocenters. The third-order valence-electron chi connectivity index (χ3n) is 3.61. The lowest BCUT2D eigenvalue weighted by atomic mass is 9.94. The molecule has 1 unspecified atom stereocenters. The van der Waals surface area contributed by atoms with E-state index >= 15 is 0 Å². The highest BCUT2D eigenvalue weighted by Gasteiger charge is 2.14. The SMILES string of the molecule is C=CCCc1c(C(C)/C=C\C)[nH]c(=O)c2ccccc12.CC.CC. The van der Waals surface area contributed by atoms with Crippen LogP contribution in [0.15, 0.2) is 53.9 Å². The summed E-state index contributed by atoms with van der Waals surface area (Å²) in [6, 6.07) is 7.82. The zero-order valence-electron chi connectivity index (χ0n) is 16.1. The van der Waals surface area contributed by atoms with Crippen LogP contribution in [0.5, 0.6) is 0 Å². The van der Waals surface area contributed by atoms with Gasteiger partial charge in [-0.1, -0.05) is 71.0 Å². The molecule has 0 spiro atoms. The van der Waals surface area contributed by atoms with Gasteiger partial charge in [-0.25, -0.2) is 0 Å². The smallest absolute Gasteiger partial charge is 0.256 e. The van der Waals surface area contributed by atoms with E-state index in [2.05, 4.69) is 24.6 Å². The van der Waals surface area contributed by atoms with Crippen LogP contribution in [0.4, 0.5) is 0 Å². The minimum atomic E-state index is -0.00527. The van der Waals surface area contributed by atoms with Crippen LogP contribution >= 0.6 is 0 Å². The monoisotopic (exact) mass is 327 g/mol. The van der Waals surface area contributed by atoms with Gasteiger partial charge in [-0.05, 0) is 36.8 Å². The molecule has 0 saturated heterocycles. The maximum atomic E-state index is 12.2. The first kappa shape index (κ1) is 21.9. The Labute approximate surface area is 147 Å². The van der Waals surface area contributed by atoms with E-state index < -0.39 is 0 Å². The molecule has 24 heavy (non-hydrogen) atoms.